The Kier molecular flexibility index (Phi) is 8.48. The summed E-state index contributed by atoms with van der Waals surface area (Å²) in [5.74, 6) is -1.53. The van der Waals surface area contributed by atoms with Gasteiger partial charge in [0.15, 0.2) is 5.71 Å². The van der Waals surface area contributed by atoms with Crippen LogP contribution in [0.1, 0.15) is 32.3 Å². The predicted molar refractivity (Wildman–Crippen MR) is 111 cm³/mol. The Balaban J connectivity index is 1.98. The average Bonchev–Trinajstić information content (AvgIpc) is 2.69. The van der Waals surface area contributed by atoms with Gasteiger partial charge in [0, 0.05) is 37.8 Å². The van der Waals surface area contributed by atoms with Gasteiger partial charge in [0.1, 0.15) is 5.82 Å². The molecule has 0 radical (unpaired) electrons. The maximum absolute atomic E-state index is 13.0. The number of piperidine rings is 1. The van der Waals surface area contributed by atoms with E-state index >= 15 is 0 Å². The third-order valence-electron chi connectivity index (χ3n) is 5.04. The van der Waals surface area contributed by atoms with Gasteiger partial charge in [0.2, 0.25) is 5.91 Å². The molecule has 0 aliphatic carbocycles. The van der Waals surface area contributed by atoms with Gasteiger partial charge in [-0.1, -0.05) is 12.1 Å². The van der Waals surface area contributed by atoms with Crippen LogP contribution in [0.15, 0.2) is 41.6 Å². The van der Waals surface area contributed by atoms with Crippen LogP contribution < -0.4 is 0 Å². The van der Waals surface area contributed by atoms with E-state index in [1.54, 1.807) is 26.0 Å². The zero-order chi connectivity index (χ0) is 23.2. The monoisotopic (exact) mass is 463 g/mol. The summed E-state index contributed by atoms with van der Waals surface area (Å²) in [6.07, 6.45) is -1.28. The number of likely N-dealkylation sites (tertiary alicyclic amines) is 1. The Morgan fingerprint density at radius 1 is 1.29 bits per heavy atom. The van der Waals surface area contributed by atoms with Crippen LogP contribution in [0.2, 0.25) is 0 Å². The number of aliphatic hydroxyl groups is 1. The van der Waals surface area contributed by atoms with Crippen LogP contribution in [0, 0.1) is 5.82 Å². The SMILES string of the molecule is CC(C)N(/C=C/C(=O)N1CCC(O)(Cc2ccc(F)cc2)CC1)/N=C(\CCl)C(F)(F)F. The van der Waals surface area contributed by atoms with Crippen molar-refractivity contribution in [3.8, 4) is 0 Å². The van der Waals surface area contributed by atoms with Crippen molar-refractivity contribution < 1.29 is 27.5 Å². The van der Waals surface area contributed by atoms with Crippen molar-refractivity contribution in [2.75, 3.05) is 19.0 Å². The molecule has 0 aromatic heterocycles. The zero-order valence-corrected chi connectivity index (χ0v) is 18.1. The normalized spacial score (nSPS) is 17.5. The number of nitrogens with zero attached hydrogens (tertiary/aromatic N) is 3. The maximum Gasteiger partial charge on any atom is 0.432 e. The van der Waals surface area contributed by atoms with Crippen molar-refractivity contribution >= 4 is 23.2 Å². The van der Waals surface area contributed by atoms with Gasteiger partial charge in [0.25, 0.3) is 0 Å². The van der Waals surface area contributed by atoms with E-state index in [1.807, 2.05) is 0 Å². The molecule has 0 bridgehead atoms. The van der Waals surface area contributed by atoms with Crippen LogP contribution in [-0.2, 0) is 11.2 Å². The fourth-order valence-corrected chi connectivity index (χ4v) is 3.37. The highest BCUT2D eigenvalue weighted by molar-refractivity contribution is 6.29. The van der Waals surface area contributed by atoms with Gasteiger partial charge in [-0.15, -0.1) is 11.6 Å². The number of hydrogen-bond donors (Lipinski definition) is 1. The lowest BCUT2D eigenvalue weighted by Crippen LogP contribution is -2.47. The van der Waals surface area contributed by atoms with E-state index < -0.39 is 29.4 Å². The van der Waals surface area contributed by atoms with E-state index in [1.165, 1.54) is 23.2 Å². The summed E-state index contributed by atoms with van der Waals surface area (Å²) in [6, 6.07) is 5.47. The summed E-state index contributed by atoms with van der Waals surface area (Å²) < 4.78 is 51.7. The summed E-state index contributed by atoms with van der Waals surface area (Å²) in [7, 11) is 0. The van der Waals surface area contributed by atoms with E-state index in [0.29, 0.717) is 32.4 Å². The summed E-state index contributed by atoms with van der Waals surface area (Å²) in [5.41, 5.74) is -1.35. The molecule has 1 saturated heterocycles. The number of carbonyl (C=O) groups is 1. The van der Waals surface area contributed by atoms with Crippen molar-refractivity contribution in [1.82, 2.24) is 9.91 Å². The molecule has 0 atom stereocenters. The van der Waals surface area contributed by atoms with Crippen LogP contribution in [0.4, 0.5) is 17.6 Å². The molecule has 10 heteroatoms. The molecule has 1 aliphatic heterocycles. The number of carbonyl (C=O) groups excluding carboxylic acids is 1. The number of amides is 1. The molecule has 2 rings (SSSR count). The Bertz CT molecular complexity index is 802. The summed E-state index contributed by atoms with van der Waals surface area (Å²) in [6.45, 7) is 3.86. The number of hydrazone groups is 1. The molecule has 0 spiro atoms. The van der Waals surface area contributed by atoms with E-state index in [4.69, 9.17) is 11.6 Å². The number of hydrogen-bond acceptors (Lipinski definition) is 4. The minimum atomic E-state index is -4.66. The van der Waals surface area contributed by atoms with Gasteiger partial charge in [0.05, 0.1) is 11.5 Å². The topological polar surface area (TPSA) is 56.1 Å². The van der Waals surface area contributed by atoms with Crippen molar-refractivity contribution in [1.29, 1.82) is 0 Å². The number of benzene rings is 1. The first-order chi connectivity index (χ1) is 14.4. The number of rotatable bonds is 7. The Labute approximate surface area is 184 Å². The highest BCUT2D eigenvalue weighted by Crippen LogP contribution is 2.27. The smallest absolute Gasteiger partial charge is 0.389 e. The number of alkyl halides is 4. The van der Waals surface area contributed by atoms with Crippen molar-refractivity contribution in [2.24, 2.45) is 5.10 Å². The van der Waals surface area contributed by atoms with Crippen LogP contribution in [0.5, 0.6) is 0 Å². The van der Waals surface area contributed by atoms with Crippen molar-refractivity contribution in [3.63, 3.8) is 0 Å². The summed E-state index contributed by atoms with van der Waals surface area (Å²) in [5, 5.41) is 15.4. The first-order valence-corrected chi connectivity index (χ1v) is 10.4. The molecule has 0 saturated carbocycles. The van der Waals surface area contributed by atoms with Crippen LogP contribution >= 0.6 is 11.6 Å². The fraction of sp³-hybridized carbons (Fsp3) is 0.524. The molecular weight excluding hydrogens is 438 g/mol. The van der Waals surface area contributed by atoms with Gasteiger partial charge in [-0.25, -0.2) is 4.39 Å². The van der Waals surface area contributed by atoms with E-state index in [0.717, 1.165) is 16.6 Å². The van der Waals surface area contributed by atoms with Gasteiger partial charge in [-0.05, 0) is 44.4 Å². The lowest BCUT2D eigenvalue weighted by atomic mass is 9.85. The molecule has 1 aromatic carbocycles. The minimum absolute atomic E-state index is 0.293. The lowest BCUT2D eigenvalue weighted by molar-refractivity contribution is -0.130. The van der Waals surface area contributed by atoms with E-state index in [-0.39, 0.29) is 11.7 Å². The van der Waals surface area contributed by atoms with Crippen LogP contribution in [0.3, 0.4) is 0 Å². The maximum atomic E-state index is 13.0. The Morgan fingerprint density at radius 3 is 2.35 bits per heavy atom. The van der Waals surface area contributed by atoms with Crippen molar-refractivity contribution in [3.05, 3.63) is 47.9 Å². The second-order valence-electron chi connectivity index (χ2n) is 7.82. The van der Waals surface area contributed by atoms with E-state index in [2.05, 4.69) is 5.10 Å². The molecule has 1 fully saturated rings. The van der Waals surface area contributed by atoms with Gasteiger partial charge >= 0.3 is 6.18 Å². The summed E-state index contributed by atoms with van der Waals surface area (Å²) >= 11 is 5.36. The first kappa shape index (κ1) is 25.1. The average molecular weight is 464 g/mol. The molecule has 1 N–H and O–H groups in total. The largest absolute Gasteiger partial charge is 0.432 e. The van der Waals surface area contributed by atoms with E-state index in [9.17, 15) is 27.5 Å². The highest BCUT2D eigenvalue weighted by Gasteiger charge is 2.36. The minimum Gasteiger partial charge on any atom is -0.389 e. The molecule has 172 valence electrons. The Morgan fingerprint density at radius 2 is 1.87 bits per heavy atom. The molecule has 31 heavy (non-hydrogen) atoms. The number of halogens is 5. The third-order valence-corrected chi connectivity index (χ3v) is 5.29. The van der Waals surface area contributed by atoms with Crippen LogP contribution in [0.25, 0.3) is 0 Å². The predicted octanol–water partition coefficient (Wildman–Crippen LogP) is 4.10. The fourth-order valence-electron chi connectivity index (χ4n) is 3.17. The molecule has 1 heterocycles. The Hall–Kier alpha value is -2.13. The standard InChI is InChI=1S/C21H26ClF4N3O2/c1-15(2)29(27-18(14-22)21(24,25)26)10-7-19(30)28-11-8-20(31,9-12-28)13-16-3-5-17(23)6-4-16/h3-7,10,15,31H,8-9,11-14H2,1-2H3/b10-7+,27-18+. The van der Waals surface area contributed by atoms with Gasteiger partial charge < -0.3 is 10.0 Å². The zero-order valence-electron chi connectivity index (χ0n) is 17.4. The quantitative estimate of drug-likeness (QED) is 0.218. The lowest BCUT2D eigenvalue weighted by Gasteiger charge is -2.38. The molecule has 1 amide bonds. The third kappa shape index (κ3) is 7.50. The summed E-state index contributed by atoms with van der Waals surface area (Å²) in [4.78, 5) is 14.0. The first-order valence-electron chi connectivity index (χ1n) is 9.86. The highest BCUT2D eigenvalue weighted by atomic mass is 35.5. The van der Waals surface area contributed by atoms with Crippen molar-refractivity contribution in [2.45, 2.75) is 50.9 Å². The molecule has 1 aliphatic rings. The molecule has 1 aromatic rings. The molecule has 0 unspecified atom stereocenters. The second kappa shape index (κ2) is 10.5. The van der Waals surface area contributed by atoms with Gasteiger partial charge in [-0.2, -0.15) is 18.3 Å². The van der Waals surface area contributed by atoms with Gasteiger partial charge in [-0.3, -0.25) is 9.80 Å². The molecular formula is C21H26ClF4N3O2. The van der Waals surface area contributed by atoms with Crippen LogP contribution in [-0.4, -0.2) is 63.4 Å². The molecule has 5 nitrogen and oxygen atoms in total. The second-order valence-corrected chi connectivity index (χ2v) is 8.09.